The Morgan fingerprint density at radius 1 is 0.903 bits per heavy atom. The molecule has 0 bridgehead atoms. The topological polar surface area (TPSA) is 130 Å². The van der Waals surface area contributed by atoms with E-state index in [0.29, 0.717) is 24.2 Å². The van der Waals surface area contributed by atoms with Crippen LogP contribution >= 0.6 is 23.4 Å². The number of alkyl halides is 3. The molecule has 0 radical (unpaired) electrons. The molecule has 1 aliphatic carbocycles. The second kappa shape index (κ2) is 20.7. The van der Waals surface area contributed by atoms with Crippen molar-refractivity contribution < 1.29 is 34.8 Å². The summed E-state index contributed by atoms with van der Waals surface area (Å²) >= 11 is 7.52. The summed E-state index contributed by atoms with van der Waals surface area (Å²) in [7, 11) is -10.8. The molecule has 9 nitrogen and oxygen atoms in total. The zero-order valence-electron chi connectivity index (χ0n) is 34.7. The highest BCUT2D eigenvalue weighted by molar-refractivity contribution is 7.99. The summed E-state index contributed by atoms with van der Waals surface area (Å²) in [6, 6.07) is 25.4. The molecule has 4 aromatic rings. The van der Waals surface area contributed by atoms with E-state index in [1.807, 2.05) is 56.3 Å². The van der Waals surface area contributed by atoms with E-state index in [1.54, 1.807) is 24.3 Å². The predicted octanol–water partition coefficient (Wildman–Crippen LogP) is 9.84. The van der Waals surface area contributed by atoms with Gasteiger partial charge in [-0.1, -0.05) is 79.6 Å². The number of anilines is 1. The van der Waals surface area contributed by atoms with E-state index in [0.717, 1.165) is 84.8 Å². The Morgan fingerprint density at radius 2 is 1.58 bits per heavy atom. The van der Waals surface area contributed by atoms with Gasteiger partial charge in [0.25, 0.3) is 15.7 Å². The number of hydrogen-bond acceptors (Lipinski definition) is 8. The number of carbonyl (C=O) groups excluding carboxylic acids is 1. The quantitative estimate of drug-likeness (QED) is 0.0791. The molecule has 0 spiro atoms. The summed E-state index contributed by atoms with van der Waals surface area (Å²) in [5.74, 6) is -0.300. The smallest absolute Gasteiger partial charge is 0.316 e. The van der Waals surface area contributed by atoms with Crippen molar-refractivity contribution in [2.45, 2.75) is 78.6 Å². The first-order valence-electron chi connectivity index (χ1n) is 20.6. The third-order valence-corrected chi connectivity index (χ3v) is 14.9. The molecule has 0 aromatic heterocycles. The molecule has 0 saturated heterocycles. The average Bonchev–Trinajstić information content (AvgIpc) is 3.24. The standard InChI is InChI=1S/C46H52ClF3N4O5S3/c1-32(2)29-52-25-22-39(31-60-40-9-4-3-5-10-40)54(43-21-20-41(62(51,58)59)28-44(43)61(56,57)46(48,49)50)45(55)36-14-12-33(13-15-36)34-23-26-53(27-24-34)30-37-8-6-7-11-42(37)35-16-18-38(47)19-17-35/h3-5,9-10,12-21,23,28,32,39,52H,6-8,11,22,24-27,29-31H2,1-2H3,(H2,51,58,59)/t39-/m1/s1. The van der Waals surface area contributed by atoms with Gasteiger partial charge in [-0.15, -0.1) is 11.8 Å². The Hall–Kier alpha value is -3.96. The number of nitrogens with one attached hydrogen (secondary N) is 1. The van der Waals surface area contributed by atoms with Gasteiger partial charge in [0.05, 0.1) is 10.6 Å². The molecular weight excluding hydrogens is 877 g/mol. The minimum Gasteiger partial charge on any atom is -0.316 e. The van der Waals surface area contributed by atoms with E-state index in [9.17, 15) is 34.8 Å². The Balaban J connectivity index is 1.33. The molecule has 4 aromatic carbocycles. The fourth-order valence-corrected chi connectivity index (χ4v) is 10.6. The van der Waals surface area contributed by atoms with Crippen LogP contribution in [0.3, 0.4) is 0 Å². The summed E-state index contributed by atoms with van der Waals surface area (Å²) < 4.78 is 94.4. The van der Waals surface area contributed by atoms with Gasteiger partial charge >= 0.3 is 5.51 Å². The van der Waals surface area contributed by atoms with Crippen molar-refractivity contribution in [3.63, 3.8) is 0 Å². The van der Waals surface area contributed by atoms with Crippen LogP contribution in [0.4, 0.5) is 18.9 Å². The number of carbonyl (C=O) groups is 1. The lowest BCUT2D eigenvalue weighted by atomic mass is 9.87. The highest BCUT2D eigenvalue weighted by Crippen LogP contribution is 2.40. The first-order chi connectivity index (χ1) is 29.4. The number of benzene rings is 4. The SMILES string of the molecule is CC(C)CNCC[C@H](CSc1ccccc1)N(C(=O)c1ccc(C2=CCN(CC3=C(c4ccc(Cl)cc4)CCCC3)CC2)cc1)c1ccc(S(N)(=O)=O)cc1S(=O)(=O)C(F)(F)F. The van der Waals surface area contributed by atoms with E-state index in [-0.39, 0.29) is 23.7 Å². The van der Waals surface area contributed by atoms with Crippen LogP contribution in [-0.4, -0.2) is 77.7 Å². The molecule has 16 heteroatoms. The molecule has 0 unspecified atom stereocenters. The minimum absolute atomic E-state index is 0.112. The van der Waals surface area contributed by atoms with Crippen LogP contribution in [0, 0.1) is 5.92 Å². The van der Waals surface area contributed by atoms with Crippen molar-refractivity contribution in [2.75, 3.05) is 43.4 Å². The first-order valence-corrected chi connectivity index (χ1v) is 25.0. The second-order valence-corrected chi connectivity index (χ2v) is 21.1. The normalized spacial score (nSPS) is 16.0. The number of thioether (sulfide) groups is 1. The summed E-state index contributed by atoms with van der Waals surface area (Å²) in [5, 5.41) is 9.31. The molecule has 332 valence electrons. The minimum atomic E-state index is -6.20. The molecule has 62 heavy (non-hydrogen) atoms. The van der Waals surface area contributed by atoms with Crippen molar-refractivity contribution in [3.05, 3.63) is 130 Å². The number of sulfone groups is 1. The Labute approximate surface area is 372 Å². The van der Waals surface area contributed by atoms with Gasteiger partial charge in [-0.25, -0.2) is 22.0 Å². The largest absolute Gasteiger partial charge is 0.501 e. The number of primary sulfonamides is 1. The molecule has 0 fully saturated rings. The number of amides is 1. The molecule has 0 saturated carbocycles. The number of rotatable bonds is 17. The number of hydrogen-bond donors (Lipinski definition) is 2. The van der Waals surface area contributed by atoms with Crippen molar-refractivity contribution in [1.29, 1.82) is 0 Å². The molecular formula is C46H52ClF3N4O5S3. The number of nitrogens with zero attached hydrogens (tertiary/aromatic N) is 2. The highest BCUT2D eigenvalue weighted by Gasteiger charge is 2.49. The van der Waals surface area contributed by atoms with Crippen LogP contribution in [-0.2, 0) is 19.9 Å². The summed E-state index contributed by atoms with van der Waals surface area (Å²) in [6.07, 6.45) is 7.57. The first kappa shape index (κ1) is 47.5. The van der Waals surface area contributed by atoms with Gasteiger partial charge in [0.1, 0.15) is 4.90 Å². The fraction of sp³-hybridized carbons (Fsp3) is 0.370. The number of halogens is 4. The molecule has 1 heterocycles. The van der Waals surface area contributed by atoms with E-state index < -0.39 is 52.8 Å². The lowest BCUT2D eigenvalue weighted by Gasteiger charge is -2.34. The van der Waals surface area contributed by atoms with Gasteiger partial charge in [0.2, 0.25) is 10.0 Å². The molecule has 1 aliphatic heterocycles. The van der Waals surface area contributed by atoms with Crippen LogP contribution in [0.25, 0.3) is 11.1 Å². The zero-order chi connectivity index (χ0) is 44.7. The third-order valence-electron chi connectivity index (χ3n) is 11.1. The zero-order valence-corrected chi connectivity index (χ0v) is 37.9. The van der Waals surface area contributed by atoms with Gasteiger partial charge < -0.3 is 10.2 Å². The number of nitrogens with two attached hydrogens (primary N) is 1. The maximum atomic E-state index is 14.9. The van der Waals surface area contributed by atoms with Crippen LogP contribution in [0.2, 0.25) is 5.02 Å². The lowest BCUT2D eigenvalue weighted by molar-refractivity contribution is -0.0436. The monoisotopic (exact) mass is 928 g/mol. The molecule has 3 N–H and O–H groups in total. The van der Waals surface area contributed by atoms with Gasteiger partial charge in [-0.05, 0) is 134 Å². The Morgan fingerprint density at radius 3 is 2.21 bits per heavy atom. The maximum Gasteiger partial charge on any atom is 0.501 e. The molecule has 1 atom stereocenters. The summed E-state index contributed by atoms with van der Waals surface area (Å²) in [6.45, 7) is 7.44. The van der Waals surface area contributed by atoms with Gasteiger partial charge in [-0.3, -0.25) is 9.69 Å². The second-order valence-electron chi connectivity index (χ2n) is 16.1. The average molecular weight is 930 g/mol. The van der Waals surface area contributed by atoms with Gasteiger partial charge in [-0.2, -0.15) is 13.2 Å². The highest BCUT2D eigenvalue weighted by atomic mass is 35.5. The lowest BCUT2D eigenvalue weighted by Crippen LogP contribution is -2.45. The van der Waals surface area contributed by atoms with E-state index in [4.69, 9.17) is 16.7 Å². The van der Waals surface area contributed by atoms with E-state index >= 15 is 0 Å². The van der Waals surface area contributed by atoms with Crippen LogP contribution < -0.4 is 15.4 Å². The van der Waals surface area contributed by atoms with Gasteiger partial charge in [0, 0.05) is 46.9 Å². The molecule has 1 amide bonds. The number of sulfonamides is 1. The van der Waals surface area contributed by atoms with E-state index in [1.165, 1.54) is 28.5 Å². The molecule has 6 rings (SSSR count). The van der Waals surface area contributed by atoms with Crippen molar-refractivity contribution in [3.8, 4) is 0 Å². The third kappa shape index (κ3) is 12.0. The maximum absolute atomic E-state index is 14.9. The van der Waals surface area contributed by atoms with Crippen molar-refractivity contribution in [1.82, 2.24) is 10.2 Å². The Kier molecular flexibility index (Phi) is 15.9. The van der Waals surface area contributed by atoms with Crippen LogP contribution in [0.5, 0.6) is 0 Å². The summed E-state index contributed by atoms with van der Waals surface area (Å²) in [4.78, 5) is 17.0. The molecule has 2 aliphatic rings. The Bertz CT molecular complexity index is 2480. The fourth-order valence-electron chi connectivity index (χ4n) is 7.83. The van der Waals surface area contributed by atoms with Crippen molar-refractivity contribution >= 4 is 66.0 Å². The van der Waals surface area contributed by atoms with Crippen LogP contribution in [0.15, 0.2) is 123 Å². The van der Waals surface area contributed by atoms with Crippen LogP contribution in [0.1, 0.15) is 73.9 Å². The van der Waals surface area contributed by atoms with Crippen molar-refractivity contribution in [2.24, 2.45) is 11.1 Å². The van der Waals surface area contributed by atoms with Gasteiger partial charge in [0.15, 0.2) is 0 Å². The predicted molar refractivity (Wildman–Crippen MR) is 243 cm³/mol. The summed E-state index contributed by atoms with van der Waals surface area (Å²) in [5.41, 5.74) is -0.268. The van der Waals surface area contributed by atoms with E-state index in [2.05, 4.69) is 28.4 Å². The number of allylic oxidation sites excluding steroid dienone is 1.